The number of aliphatic hydroxyl groups is 1. The molecule has 1 fully saturated rings. The Morgan fingerprint density at radius 3 is 2.62 bits per heavy atom. The van der Waals surface area contributed by atoms with E-state index < -0.39 is 0 Å². The van der Waals surface area contributed by atoms with Crippen LogP contribution in [0.15, 0.2) is 18.2 Å². The third-order valence-corrected chi connectivity index (χ3v) is 4.81. The van der Waals surface area contributed by atoms with Crippen molar-refractivity contribution in [1.29, 1.82) is 0 Å². The van der Waals surface area contributed by atoms with Gasteiger partial charge in [0.2, 0.25) is 0 Å². The second kappa shape index (κ2) is 6.24. The molecule has 2 N–H and O–H groups in total. The Balaban J connectivity index is 1.63. The van der Waals surface area contributed by atoms with Gasteiger partial charge in [-0.25, -0.2) is 0 Å². The molecule has 4 heteroatoms. The Bertz CT molecular complexity index is 481. The highest BCUT2D eigenvalue weighted by Gasteiger charge is 2.33. The second-order valence-electron chi connectivity index (χ2n) is 6.45. The van der Waals surface area contributed by atoms with Crippen molar-refractivity contribution in [1.82, 2.24) is 5.32 Å². The second-order valence-corrected chi connectivity index (χ2v) is 6.45. The fraction of sp³-hybridized carbons (Fsp3) is 0.647. The largest absolute Gasteiger partial charge is 0.486 e. The topological polar surface area (TPSA) is 50.7 Å². The molecule has 1 heterocycles. The Morgan fingerprint density at radius 1 is 1.19 bits per heavy atom. The molecule has 0 radical (unpaired) electrons. The van der Waals surface area contributed by atoms with Crippen LogP contribution in [0.3, 0.4) is 0 Å². The highest BCUT2D eigenvalue weighted by Crippen LogP contribution is 2.33. The Morgan fingerprint density at radius 2 is 1.90 bits per heavy atom. The predicted octanol–water partition coefficient (Wildman–Crippen LogP) is 2.49. The van der Waals surface area contributed by atoms with Crippen molar-refractivity contribution in [2.24, 2.45) is 5.92 Å². The fourth-order valence-corrected chi connectivity index (χ4v) is 3.19. The number of aliphatic hydroxyl groups excluding tert-OH is 1. The molecule has 0 saturated heterocycles. The number of fused-ring (bicyclic) bond motifs is 1. The van der Waals surface area contributed by atoms with Crippen molar-refractivity contribution in [3.8, 4) is 11.5 Å². The molecule has 0 unspecified atom stereocenters. The molecule has 0 amide bonds. The molecule has 2 aliphatic rings. The van der Waals surface area contributed by atoms with Gasteiger partial charge in [-0.2, -0.15) is 0 Å². The summed E-state index contributed by atoms with van der Waals surface area (Å²) in [4.78, 5) is 0. The Labute approximate surface area is 126 Å². The summed E-state index contributed by atoms with van der Waals surface area (Å²) in [5.41, 5.74) is 1.06. The zero-order valence-electron chi connectivity index (χ0n) is 12.7. The lowest BCUT2D eigenvalue weighted by Crippen LogP contribution is -2.50. The summed E-state index contributed by atoms with van der Waals surface area (Å²) in [6, 6.07) is 6.08. The van der Waals surface area contributed by atoms with E-state index in [-0.39, 0.29) is 12.1 Å². The monoisotopic (exact) mass is 291 g/mol. The smallest absolute Gasteiger partial charge is 0.161 e. The van der Waals surface area contributed by atoms with Gasteiger partial charge in [0.05, 0.1) is 6.61 Å². The Kier molecular flexibility index (Phi) is 4.36. The summed E-state index contributed by atoms with van der Waals surface area (Å²) in [6.45, 7) is 4.50. The normalized spacial score (nSPS) is 28.4. The zero-order chi connectivity index (χ0) is 14.7. The summed E-state index contributed by atoms with van der Waals surface area (Å²) in [5.74, 6) is 2.44. The van der Waals surface area contributed by atoms with E-state index in [1.165, 1.54) is 18.4 Å². The summed E-state index contributed by atoms with van der Waals surface area (Å²) >= 11 is 0. The van der Waals surface area contributed by atoms with Gasteiger partial charge in [0.1, 0.15) is 13.2 Å². The molecular weight excluding hydrogens is 266 g/mol. The minimum Gasteiger partial charge on any atom is -0.486 e. The average Bonchev–Trinajstić information content (AvgIpc) is 2.55. The van der Waals surface area contributed by atoms with E-state index in [0.29, 0.717) is 13.2 Å². The van der Waals surface area contributed by atoms with Crippen LogP contribution >= 0.6 is 0 Å². The van der Waals surface area contributed by atoms with Crippen molar-refractivity contribution in [3.63, 3.8) is 0 Å². The summed E-state index contributed by atoms with van der Waals surface area (Å²) in [6.07, 6.45) is 4.48. The SMILES string of the molecule is CC1CCC(CO)(NCc2ccc3c(c2)OCCO3)CC1. The van der Waals surface area contributed by atoms with Gasteiger partial charge in [0.25, 0.3) is 0 Å². The minimum atomic E-state index is -0.111. The molecule has 1 aromatic rings. The molecule has 0 atom stereocenters. The van der Waals surface area contributed by atoms with Crippen LogP contribution in [-0.2, 0) is 6.54 Å². The summed E-state index contributed by atoms with van der Waals surface area (Å²) in [5, 5.41) is 13.4. The first kappa shape index (κ1) is 14.7. The molecule has 3 rings (SSSR count). The maximum Gasteiger partial charge on any atom is 0.161 e. The van der Waals surface area contributed by atoms with Gasteiger partial charge in [0, 0.05) is 12.1 Å². The molecule has 1 aliphatic carbocycles. The van der Waals surface area contributed by atoms with Gasteiger partial charge in [-0.1, -0.05) is 13.0 Å². The van der Waals surface area contributed by atoms with Crippen molar-refractivity contribution in [2.45, 2.75) is 44.7 Å². The highest BCUT2D eigenvalue weighted by atomic mass is 16.6. The number of ether oxygens (including phenoxy) is 2. The quantitative estimate of drug-likeness (QED) is 0.895. The van der Waals surface area contributed by atoms with E-state index in [4.69, 9.17) is 9.47 Å². The van der Waals surface area contributed by atoms with Crippen LogP contribution in [0.1, 0.15) is 38.2 Å². The minimum absolute atomic E-state index is 0.111. The van der Waals surface area contributed by atoms with E-state index in [2.05, 4.69) is 18.3 Å². The maximum absolute atomic E-state index is 9.79. The molecule has 0 aromatic heterocycles. The number of benzene rings is 1. The van der Waals surface area contributed by atoms with Crippen LogP contribution < -0.4 is 14.8 Å². The predicted molar refractivity (Wildman–Crippen MR) is 81.7 cm³/mol. The van der Waals surface area contributed by atoms with E-state index >= 15 is 0 Å². The third-order valence-electron chi connectivity index (χ3n) is 4.81. The number of rotatable bonds is 4. The van der Waals surface area contributed by atoms with Crippen LogP contribution in [-0.4, -0.2) is 30.5 Å². The lowest BCUT2D eigenvalue weighted by Gasteiger charge is -2.39. The average molecular weight is 291 g/mol. The number of hydrogen-bond acceptors (Lipinski definition) is 4. The van der Waals surface area contributed by atoms with E-state index in [0.717, 1.165) is 36.8 Å². The molecule has 0 bridgehead atoms. The van der Waals surface area contributed by atoms with E-state index in [1.807, 2.05) is 12.1 Å². The molecule has 116 valence electrons. The van der Waals surface area contributed by atoms with E-state index in [9.17, 15) is 5.11 Å². The molecule has 0 spiro atoms. The standard InChI is InChI=1S/C17H25NO3/c1-13-4-6-17(12-19,7-5-13)18-11-14-2-3-15-16(10-14)21-9-8-20-15/h2-3,10,13,18-19H,4-9,11-12H2,1H3. The Hall–Kier alpha value is -1.26. The summed E-state index contributed by atoms with van der Waals surface area (Å²) in [7, 11) is 0. The van der Waals surface area contributed by atoms with Crippen LogP contribution in [0, 0.1) is 5.92 Å². The highest BCUT2D eigenvalue weighted by molar-refractivity contribution is 5.43. The first-order valence-corrected chi connectivity index (χ1v) is 7.95. The molecule has 1 aromatic carbocycles. The van der Waals surface area contributed by atoms with Gasteiger partial charge >= 0.3 is 0 Å². The maximum atomic E-state index is 9.79. The fourth-order valence-electron chi connectivity index (χ4n) is 3.19. The molecule has 1 saturated carbocycles. The van der Waals surface area contributed by atoms with Gasteiger partial charge in [-0.3, -0.25) is 0 Å². The van der Waals surface area contributed by atoms with Crippen LogP contribution in [0.25, 0.3) is 0 Å². The van der Waals surface area contributed by atoms with Gasteiger partial charge in [-0.15, -0.1) is 0 Å². The zero-order valence-corrected chi connectivity index (χ0v) is 12.7. The number of nitrogens with one attached hydrogen (secondary N) is 1. The molecule has 4 nitrogen and oxygen atoms in total. The third kappa shape index (κ3) is 3.33. The van der Waals surface area contributed by atoms with E-state index in [1.54, 1.807) is 0 Å². The lowest BCUT2D eigenvalue weighted by molar-refractivity contribution is 0.104. The lowest BCUT2D eigenvalue weighted by atomic mass is 9.77. The molecule has 21 heavy (non-hydrogen) atoms. The van der Waals surface area contributed by atoms with Gasteiger partial charge in [0.15, 0.2) is 11.5 Å². The van der Waals surface area contributed by atoms with Crippen LogP contribution in [0.5, 0.6) is 11.5 Å². The molecule has 1 aliphatic heterocycles. The van der Waals surface area contributed by atoms with Crippen LogP contribution in [0.2, 0.25) is 0 Å². The van der Waals surface area contributed by atoms with Crippen LogP contribution in [0.4, 0.5) is 0 Å². The van der Waals surface area contributed by atoms with Crippen molar-refractivity contribution in [2.75, 3.05) is 19.8 Å². The van der Waals surface area contributed by atoms with Crippen molar-refractivity contribution < 1.29 is 14.6 Å². The van der Waals surface area contributed by atoms with Crippen molar-refractivity contribution >= 4 is 0 Å². The first-order chi connectivity index (χ1) is 10.2. The van der Waals surface area contributed by atoms with Crippen molar-refractivity contribution in [3.05, 3.63) is 23.8 Å². The summed E-state index contributed by atoms with van der Waals surface area (Å²) < 4.78 is 11.2. The first-order valence-electron chi connectivity index (χ1n) is 7.95. The molecular formula is C17H25NO3. The number of hydrogen-bond donors (Lipinski definition) is 2. The van der Waals surface area contributed by atoms with Gasteiger partial charge in [-0.05, 0) is 49.3 Å². The van der Waals surface area contributed by atoms with Gasteiger partial charge < -0.3 is 19.9 Å².